The predicted octanol–water partition coefficient (Wildman–Crippen LogP) is 14.2. The Kier molecular flexibility index (Phi) is 8.00. The molecule has 0 bridgehead atoms. The maximum absolute atomic E-state index is 5.02. The maximum atomic E-state index is 5.02. The Bertz CT molecular complexity index is 3200. The molecule has 2 heterocycles. The normalized spacial score (nSPS) is 13.1. The molecule has 1 aliphatic carbocycles. The van der Waals surface area contributed by atoms with E-state index < -0.39 is 5.41 Å². The summed E-state index contributed by atoms with van der Waals surface area (Å²) in [5.74, 6) is 1.94. The molecule has 12 rings (SSSR count). The van der Waals surface area contributed by atoms with Crippen LogP contribution in [0.1, 0.15) is 22.3 Å². The van der Waals surface area contributed by atoms with Crippen molar-refractivity contribution in [3.05, 3.63) is 235 Å². The van der Waals surface area contributed by atoms with Crippen LogP contribution in [0, 0.1) is 0 Å². The highest BCUT2D eigenvalue weighted by Gasteiger charge is 2.50. The summed E-state index contributed by atoms with van der Waals surface area (Å²) >= 11 is 1.91. The minimum absolute atomic E-state index is 0.461. The first-order valence-corrected chi connectivity index (χ1v) is 21.2. The molecule has 0 N–H and O–H groups in total. The van der Waals surface area contributed by atoms with Crippen molar-refractivity contribution in [3.63, 3.8) is 0 Å². The summed E-state index contributed by atoms with van der Waals surface area (Å²) in [6, 6.07) is 76.5. The third kappa shape index (κ3) is 5.42. The van der Waals surface area contributed by atoms with Gasteiger partial charge in [0.25, 0.3) is 0 Å². The molecular weight excluding hydrogens is 747 g/mol. The highest BCUT2D eigenvalue weighted by Crippen LogP contribution is 2.63. The van der Waals surface area contributed by atoms with Gasteiger partial charge in [-0.15, -0.1) is 0 Å². The Labute approximate surface area is 353 Å². The van der Waals surface area contributed by atoms with E-state index in [4.69, 9.17) is 15.0 Å². The summed E-state index contributed by atoms with van der Waals surface area (Å²) in [6.45, 7) is 0. The number of hydrogen-bond donors (Lipinski definition) is 0. The molecule has 4 heteroatoms. The predicted molar refractivity (Wildman–Crippen MR) is 246 cm³/mol. The zero-order valence-corrected chi connectivity index (χ0v) is 33.3. The lowest BCUT2D eigenvalue weighted by Gasteiger charge is -2.40. The lowest BCUT2D eigenvalue weighted by Crippen LogP contribution is -2.32. The van der Waals surface area contributed by atoms with Crippen LogP contribution in [0.2, 0.25) is 0 Å². The number of benzene rings is 9. The van der Waals surface area contributed by atoms with Crippen LogP contribution in [0.25, 0.3) is 78.3 Å². The average Bonchev–Trinajstić information content (AvgIpc) is 3.62. The van der Waals surface area contributed by atoms with Gasteiger partial charge in [0.2, 0.25) is 0 Å². The lowest BCUT2D eigenvalue weighted by molar-refractivity contribution is 0.726. The van der Waals surface area contributed by atoms with Crippen LogP contribution < -0.4 is 0 Å². The number of nitrogens with zero attached hydrogens (tertiary/aromatic N) is 3. The highest BCUT2D eigenvalue weighted by atomic mass is 32.2. The van der Waals surface area contributed by atoms with Crippen LogP contribution in [0.3, 0.4) is 0 Å². The van der Waals surface area contributed by atoms with E-state index >= 15 is 0 Å². The Morgan fingerprint density at radius 1 is 0.317 bits per heavy atom. The smallest absolute Gasteiger partial charge is 0.164 e. The average molecular weight is 782 g/mol. The van der Waals surface area contributed by atoms with E-state index in [0.717, 1.165) is 27.8 Å². The van der Waals surface area contributed by atoms with E-state index in [1.165, 1.54) is 65.1 Å². The fourth-order valence-electron chi connectivity index (χ4n) is 9.46. The monoisotopic (exact) mass is 781 g/mol. The Hall–Kier alpha value is -7.40. The summed E-state index contributed by atoms with van der Waals surface area (Å²) in [5.41, 5.74) is 15.0. The number of rotatable bonds is 5. The standard InChI is InChI=1S/C56H35N3S/c1-3-16-37(17-4-1)53-57-54(38-18-5-2-6-19-38)59-55(58-53)43-23-14-22-41(34-43)39-20-13-21-40(33-39)42-30-32-51-50(35-42)56(49-31-29-36-15-7-8-24-44(36)52(49)60-51)47-27-11-9-25-45(47)46-26-10-12-28-48(46)56/h1-35H. The zero-order valence-electron chi connectivity index (χ0n) is 32.5. The number of hydrogen-bond acceptors (Lipinski definition) is 4. The maximum Gasteiger partial charge on any atom is 0.164 e. The molecule has 0 amide bonds. The fourth-order valence-corrected chi connectivity index (χ4v) is 10.8. The van der Waals surface area contributed by atoms with Crippen molar-refractivity contribution in [2.45, 2.75) is 15.2 Å². The lowest BCUT2D eigenvalue weighted by atomic mass is 9.66. The minimum Gasteiger partial charge on any atom is -0.208 e. The van der Waals surface area contributed by atoms with Crippen molar-refractivity contribution in [3.8, 4) is 67.5 Å². The topological polar surface area (TPSA) is 38.7 Å². The second-order valence-corrected chi connectivity index (χ2v) is 16.6. The molecule has 9 aromatic carbocycles. The molecule has 1 spiro atoms. The summed E-state index contributed by atoms with van der Waals surface area (Å²) in [6.07, 6.45) is 0. The largest absolute Gasteiger partial charge is 0.208 e. The third-order valence-corrected chi connectivity index (χ3v) is 13.4. The third-order valence-electron chi connectivity index (χ3n) is 12.2. The van der Waals surface area contributed by atoms with Crippen molar-refractivity contribution < 1.29 is 0 Å². The van der Waals surface area contributed by atoms with Crippen LogP contribution >= 0.6 is 11.8 Å². The molecule has 0 radical (unpaired) electrons. The Morgan fingerprint density at radius 2 is 0.800 bits per heavy atom. The summed E-state index contributed by atoms with van der Waals surface area (Å²) in [5, 5.41) is 2.57. The summed E-state index contributed by atoms with van der Waals surface area (Å²) in [7, 11) is 0. The first-order valence-electron chi connectivity index (χ1n) is 20.3. The fraction of sp³-hybridized carbons (Fsp3) is 0.0179. The van der Waals surface area contributed by atoms with Gasteiger partial charge in [0, 0.05) is 26.5 Å². The van der Waals surface area contributed by atoms with Gasteiger partial charge in [-0.1, -0.05) is 200 Å². The van der Waals surface area contributed by atoms with Crippen LogP contribution in [-0.2, 0) is 5.41 Å². The SMILES string of the molecule is c1ccc(-c2nc(-c3ccccc3)nc(-c3cccc(-c4cccc(-c5ccc6c(c5)C5(c7ccccc7-c7ccccc75)c5ccc7ccccc7c5S6)c4)c3)n2)cc1. The Morgan fingerprint density at radius 3 is 1.43 bits per heavy atom. The molecule has 0 fully saturated rings. The van der Waals surface area contributed by atoms with E-state index in [9.17, 15) is 0 Å². The first kappa shape index (κ1) is 34.6. The van der Waals surface area contributed by atoms with Crippen LogP contribution in [0.4, 0.5) is 0 Å². The van der Waals surface area contributed by atoms with Gasteiger partial charge in [-0.2, -0.15) is 0 Å². The molecule has 0 saturated heterocycles. The summed E-state index contributed by atoms with van der Waals surface area (Å²) in [4.78, 5) is 17.6. The van der Waals surface area contributed by atoms with Crippen molar-refractivity contribution in [1.29, 1.82) is 0 Å². The van der Waals surface area contributed by atoms with Gasteiger partial charge in [-0.3, -0.25) is 0 Å². The number of fused-ring (bicyclic) bond motifs is 11. The molecule has 0 atom stereocenters. The van der Waals surface area contributed by atoms with Crippen molar-refractivity contribution in [2.75, 3.05) is 0 Å². The van der Waals surface area contributed by atoms with Crippen molar-refractivity contribution in [1.82, 2.24) is 15.0 Å². The second kappa shape index (κ2) is 13.9. The molecule has 0 saturated carbocycles. The quantitative estimate of drug-likeness (QED) is 0.174. The minimum atomic E-state index is -0.461. The second-order valence-electron chi connectivity index (χ2n) is 15.5. The van der Waals surface area contributed by atoms with Crippen LogP contribution in [-0.4, -0.2) is 15.0 Å². The highest BCUT2D eigenvalue weighted by molar-refractivity contribution is 7.99. The van der Waals surface area contributed by atoms with Crippen molar-refractivity contribution >= 4 is 22.5 Å². The van der Waals surface area contributed by atoms with Crippen LogP contribution in [0.5, 0.6) is 0 Å². The molecule has 3 nitrogen and oxygen atoms in total. The van der Waals surface area contributed by atoms with E-state index in [1.807, 2.05) is 72.4 Å². The van der Waals surface area contributed by atoms with Crippen molar-refractivity contribution in [2.24, 2.45) is 0 Å². The van der Waals surface area contributed by atoms with Gasteiger partial charge >= 0.3 is 0 Å². The molecule has 10 aromatic rings. The zero-order chi connectivity index (χ0) is 39.6. The molecular formula is C56H35N3S. The van der Waals surface area contributed by atoms with Gasteiger partial charge < -0.3 is 0 Å². The van der Waals surface area contributed by atoms with E-state index in [-0.39, 0.29) is 0 Å². The first-order chi connectivity index (χ1) is 29.7. The van der Waals surface area contributed by atoms with Crippen LogP contribution in [0.15, 0.2) is 222 Å². The molecule has 0 unspecified atom stereocenters. The van der Waals surface area contributed by atoms with Gasteiger partial charge in [-0.05, 0) is 90.7 Å². The van der Waals surface area contributed by atoms with E-state index in [2.05, 4.69) is 152 Å². The molecule has 280 valence electrons. The molecule has 1 aromatic heterocycles. The molecule has 60 heavy (non-hydrogen) atoms. The molecule has 2 aliphatic rings. The Balaban J connectivity index is 0.991. The summed E-state index contributed by atoms with van der Waals surface area (Å²) < 4.78 is 0. The van der Waals surface area contributed by atoms with E-state index in [0.29, 0.717) is 17.5 Å². The van der Waals surface area contributed by atoms with Gasteiger partial charge in [0.05, 0.1) is 5.41 Å². The van der Waals surface area contributed by atoms with Gasteiger partial charge in [0.1, 0.15) is 0 Å². The van der Waals surface area contributed by atoms with E-state index in [1.54, 1.807) is 0 Å². The van der Waals surface area contributed by atoms with Gasteiger partial charge in [-0.25, -0.2) is 15.0 Å². The number of aromatic nitrogens is 3. The van der Waals surface area contributed by atoms with Gasteiger partial charge in [0.15, 0.2) is 17.5 Å². The molecule has 1 aliphatic heterocycles.